The van der Waals surface area contributed by atoms with Crippen molar-refractivity contribution in [2.24, 2.45) is 0 Å². The van der Waals surface area contributed by atoms with Crippen molar-refractivity contribution in [2.75, 3.05) is 18.1 Å². The van der Waals surface area contributed by atoms with Crippen LogP contribution in [0.2, 0.25) is 0 Å². The fourth-order valence-corrected chi connectivity index (χ4v) is 3.39. The lowest BCUT2D eigenvalue weighted by Crippen LogP contribution is -2.27. The average molecular weight is 387 g/mol. The molecule has 1 amide bonds. The van der Waals surface area contributed by atoms with Crippen LogP contribution in [0.25, 0.3) is 0 Å². The Balaban J connectivity index is 1.76. The van der Waals surface area contributed by atoms with Crippen LogP contribution < -0.4 is 9.64 Å². The second-order valence-corrected chi connectivity index (χ2v) is 7.12. The van der Waals surface area contributed by atoms with E-state index in [0.717, 1.165) is 36.4 Å². The molecule has 0 radical (unpaired) electrons. The number of hydrogen-bond donors (Lipinski definition) is 0. The van der Waals surface area contributed by atoms with Crippen molar-refractivity contribution >= 4 is 17.3 Å². The van der Waals surface area contributed by atoms with E-state index in [2.05, 4.69) is 6.92 Å². The molecule has 4 heteroatoms. The summed E-state index contributed by atoms with van der Waals surface area (Å²) in [5, 5.41) is 0. The van der Waals surface area contributed by atoms with Gasteiger partial charge >= 0.3 is 0 Å². The van der Waals surface area contributed by atoms with Crippen molar-refractivity contribution in [3.63, 3.8) is 0 Å². The third kappa shape index (κ3) is 4.49. The lowest BCUT2D eigenvalue weighted by Gasteiger charge is -2.25. The number of aryl methyl sites for hydroxylation is 1. The number of nitrogens with zero attached hydrogens (tertiary/aromatic N) is 1. The Morgan fingerprint density at radius 2 is 1.59 bits per heavy atom. The van der Waals surface area contributed by atoms with Gasteiger partial charge < -0.3 is 9.47 Å². The second-order valence-electron chi connectivity index (χ2n) is 7.12. The third-order valence-electron chi connectivity index (χ3n) is 4.89. The highest BCUT2D eigenvalue weighted by Crippen LogP contribution is 2.33. The summed E-state index contributed by atoms with van der Waals surface area (Å²) in [4.78, 5) is 15.5. The van der Waals surface area contributed by atoms with E-state index >= 15 is 0 Å². The van der Waals surface area contributed by atoms with E-state index in [1.807, 2.05) is 78.9 Å². The lowest BCUT2D eigenvalue weighted by molar-refractivity contribution is 0.0994. The van der Waals surface area contributed by atoms with Gasteiger partial charge in [-0.25, -0.2) is 0 Å². The smallest absolute Gasteiger partial charge is 0.266 e. The quantitative estimate of drug-likeness (QED) is 0.486. The summed E-state index contributed by atoms with van der Waals surface area (Å²) >= 11 is 0. The summed E-state index contributed by atoms with van der Waals surface area (Å²) in [5.74, 6) is 0.568. The summed E-state index contributed by atoms with van der Waals surface area (Å²) in [7, 11) is 0. The van der Waals surface area contributed by atoms with E-state index in [9.17, 15) is 4.79 Å². The van der Waals surface area contributed by atoms with E-state index in [1.54, 1.807) is 4.90 Å². The second kappa shape index (κ2) is 8.93. The van der Waals surface area contributed by atoms with Crippen LogP contribution in [0.5, 0.6) is 5.75 Å². The maximum absolute atomic E-state index is 13.8. The van der Waals surface area contributed by atoms with Gasteiger partial charge in [0.2, 0.25) is 0 Å². The van der Waals surface area contributed by atoms with Crippen molar-refractivity contribution in [1.82, 2.24) is 0 Å². The number of benzene rings is 3. The first-order valence-electron chi connectivity index (χ1n) is 10.1. The molecule has 1 atom stereocenters. The molecule has 0 N–H and O–H groups in total. The van der Waals surface area contributed by atoms with Gasteiger partial charge in [-0.05, 0) is 42.3 Å². The minimum absolute atomic E-state index is 0.105. The van der Waals surface area contributed by atoms with Crippen molar-refractivity contribution in [1.29, 1.82) is 0 Å². The fourth-order valence-electron chi connectivity index (χ4n) is 3.39. The number of carbonyl (C=O) groups is 1. The minimum Gasteiger partial charge on any atom is -0.490 e. The molecule has 0 bridgehead atoms. The van der Waals surface area contributed by atoms with Crippen molar-refractivity contribution in [3.8, 4) is 5.75 Å². The molecule has 1 aliphatic heterocycles. The maximum atomic E-state index is 13.8. The SMILES string of the molecule is CCCc1cccc(C(=O)N(c2ccccc2)c2ccccc2)c1OCC1CO1. The normalized spacial score (nSPS) is 15.0. The third-order valence-corrected chi connectivity index (χ3v) is 4.89. The van der Waals surface area contributed by atoms with Gasteiger partial charge in [-0.2, -0.15) is 0 Å². The predicted molar refractivity (Wildman–Crippen MR) is 115 cm³/mol. The molecule has 1 fully saturated rings. The number of amides is 1. The van der Waals surface area contributed by atoms with E-state index in [1.165, 1.54) is 0 Å². The van der Waals surface area contributed by atoms with Crippen molar-refractivity contribution in [3.05, 3.63) is 90.0 Å². The predicted octanol–water partition coefficient (Wildman–Crippen LogP) is 5.40. The van der Waals surface area contributed by atoms with E-state index in [4.69, 9.17) is 9.47 Å². The highest BCUT2D eigenvalue weighted by Gasteiger charge is 2.27. The molecule has 3 aromatic carbocycles. The van der Waals surface area contributed by atoms with E-state index in [-0.39, 0.29) is 12.0 Å². The molecule has 0 aliphatic carbocycles. The molecule has 1 saturated heterocycles. The Labute approximate surface area is 171 Å². The first-order chi connectivity index (χ1) is 14.3. The molecule has 148 valence electrons. The number of para-hydroxylation sites is 3. The van der Waals surface area contributed by atoms with Crippen LogP contribution in [0, 0.1) is 0 Å². The molecule has 1 aliphatic rings. The van der Waals surface area contributed by atoms with Crippen LogP contribution in [-0.2, 0) is 11.2 Å². The summed E-state index contributed by atoms with van der Waals surface area (Å²) < 4.78 is 11.4. The standard InChI is InChI=1S/C25H25NO3/c1-2-10-19-11-9-16-23(24(19)29-18-22-17-28-22)25(27)26(20-12-5-3-6-13-20)21-14-7-4-8-15-21/h3-9,11-16,22H,2,10,17-18H2,1H3. The molecule has 29 heavy (non-hydrogen) atoms. The number of anilines is 2. The molecular formula is C25H25NO3. The van der Waals surface area contributed by atoms with Crippen molar-refractivity contribution in [2.45, 2.75) is 25.9 Å². The first-order valence-corrected chi connectivity index (χ1v) is 10.1. The highest BCUT2D eigenvalue weighted by molar-refractivity contribution is 6.12. The van der Waals surface area contributed by atoms with Gasteiger partial charge in [-0.3, -0.25) is 9.69 Å². The zero-order valence-electron chi connectivity index (χ0n) is 16.6. The van der Waals surface area contributed by atoms with Crippen LogP contribution in [-0.4, -0.2) is 25.2 Å². The Morgan fingerprint density at radius 3 is 2.14 bits per heavy atom. The van der Waals surface area contributed by atoms with Gasteiger partial charge in [0.1, 0.15) is 18.5 Å². The number of hydrogen-bond acceptors (Lipinski definition) is 3. The topological polar surface area (TPSA) is 42.1 Å². The molecule has 3 aromatic rings. The Hall–Kier alpha value is -3.11. The van der Waals surface area contributed by atoms with Crippen LogP contribution in [0.3, 0.4) is 0 Å². The molecule has 0 spiro atoms. The monoisotopic (exact) mass is 387 g/mol. The Kier molecular flexibility index (Phi) is 5.92. The van der Waals surface area contributed by atoms with Gasteiger partial charge in [0.25, 0.3) is 5.91 Å². The minimum atomic E-state index is -0.105. The zero-order valence-corrected chi connectivity index (χ0v) is 16.6. The molecule has 0 saturated carbocycles. The lowest BCUT2D eigenvalue weighted by atomic mass is 10.0. The molecule has 4 nitrogen and oxygen atoms in total. The van der Waals surface area contributed by atoms with E-state index < -0.39 is 0 Å². The number of carbonyl (C=O) groups excluding carboxylic acids is 1. The molecule has 1 unspecified atom stereocenters. The summed E-state index contributed by atoms with van der Waals surface area (Å²) in [5.41, 5.74) is 3.27. The molecule has 4 rings (SSSR count). The molecular weight excluding hydrogens is 362 g/mol. The number of ether oxygens (including phenoxy) is 2. The van der Waals surface area contributed by atoms with E-state index in [0.29, 0.717) is 17.9 Å². The van der Waals surface area contributed by atoms with Crippen molar-refractivity contribution < 1.29 is 14.3 Å². The largest absolute Gasteiger partial charge is 0.490 e. The number of rotatable bonds is 8. The Bertz CT molecular complexity index is 913. The fraction of sp³-hybridized carbons (Fsp3) is 0.240. The zero-order chi connectivity index (χ0) is 20.1. The number of epoxide rings is 1. The Morgan fingerprint density at radius 1 is 0.966 bits per heavy atom. The van der Waals surface area contributed by atoms with Crippen LogP contribution in [0.4, 0.5) is 11.4 Å². The average Bonchev–Trinajstić information content (AvgIpc) is 3.59. The molecule has 0 aromatic heterocycles. The van der Waals surface area contributed by atoms with Gasteiger partial charge in [0, 0.05) is 11.4 Å². The first kappa shape index (κ1) is 19.2. The maximum Gasteiger partial charge on any atom is 0.266 e. The summed E-state index contributed by atoms with van der Waals surface area (Å²) in [6, 6.07) is 25.3. The van der Waals surface area contributed by atoms with Crippen LogP contribution >= 0.6 is 0 Å². The van der Waals surface area contributed by atoms with Gasteiger partial charge in [-0.1, -0.05) is 61.9 Å². The van der Waals surface area contributed by atoms with Gasteiger partial charge in [0.05, 0.1) is 12.2 Å². The summed E-state index contributed by atoms with van der Waals surface area (Å²) in [6.07, 6.45) is 1.97. The van der Waals surface area contributed by atoms with Crippen LogP contribution in [0.1, 0.15) is 29.3 Å². The molecule has 1 heterocycles. The van der Waals surface area contributed by atoms with Crippen LogP contribution in [0.15, 0.2) is 78.9 Å². The summed E-state index contributed by atoms with van der Waals surface area (Å²) in [6.45, 7) is 3.32. The van der Waals surface area contributed by atoms with Gasteiger partial charge in [0.15, 0.2) is 0 Å². The highest BCUT2D eigenvalue weighted by atomic mass is 16.6. The van der Waals surface area contributed by atoms with Gasteiger partial charge in [-0.15, -0.1) is 0 Å².